The molecule has 0 spiro atoms. The molecule has 0 saturated carbocycles. The number of nitrogens with one attached hydrogen (secondary N) is 1. The highest BCUT2D eigenvalue weighted by atomic mass is 79.9. The predicted molar refractivity (Wildman–Crippen MR) is 93.0 cm³/mol. The van der Waals surface area contributed by atoms with Crippen LogP contribution in [0.15, 0.2) is 51.4 Å². The summed E-state index contributed by atoms with van der Waals surface area (Å²) in [6.45, 7) is 2.98. The van der Waals surface area contributed by atoms with E-state index in [1.165, 1.54) is 11.6 Å². The SMILES string of the molecule is CCCNC(Cc1cccc(Br)c1)c1cc(Br)ccc1F. The van der Waals surface area contributed by atoms with Crippen LogP contribution in [0.25, 0.3) is 0 Å². The van der Waals surface area contributed by atoms with Gasteiger partial charge in [-0.2, -0.15) is 0 Å². The predicted octanol–water partition coefficient (Wildman–Crippen LogP) is 5.63. The first kappa shape index (κ1) is 16.7. The number of rotatable bonds is 6. The Morgan fingerprint density at radius 1 is 1.10 bits per heavy atom. The Balaban J connectivity index is 2.27. The van der Waals surface area contributed by atoms with Crippen molar-refractivity contribution in [3.63, 3.8) is 0 Å². The minimum absolute atomic E-state index is 0.0308. The molecule has 1 N–H and O–H groups in total. The number of hydrogen-bond donors (Lipinski definition) is 1. The maximum atomic E-state index is 14.2. The van der Waals surface area contributed by atoms with Gasteiger partial charge in [0.2, 0.25) is 0 Å². The van der Waals surface area contributed by atoms with E-state index in [1.807, 2.05) is 18.2 Å². The topological polar surface area (TPSA) is 12.0 Å². The molecule has 112 valence electrons. The van der Waals surface area contributed by atoms with E-state index >= 15 is 0 Å². The monoisotopic (exact) mass is 413 g/mol. The summed E-state index contributed by atoms with van der Waals surface area (Å²) in [5.41, 5.74) is 1.88. The van der Waals surface area contributed by atoms with Crippen LogP contribution in [0.1, 0.15) is 30.5 Å². The molecule has 0 saturated heterocycles. The van der Waals surface area contributed by atoms with Gasteiger partial charge in [-0.15, -0.1) is 0 Å². The van der Waals surface area contributed by atoms with Crippen LogP contribution in [0.3, 0.4) is 0 Å². The van der Waals surface area contributed by atoms with Gasteiger partial charge in [-0.05, 0) is 55.3 Å². The van der Waals surface area contributed by atoms with E-state index in [1.54, 1.807) is 6.07 Å². The Morgan fingerprint density at radius 3 is 2.57 bits per heavy atom. The van der Waals surface area contributed by atoms with E-state index in [9.17, 15) is 4.39 Å². The van der Waals surface area contributed by atoms with E-state index in [0.29, 0.717) is 5.56 Å². The van der Waals surface area contributed by atoms with Crippen molar-refractivity contribution in [3.8, 4) is 0 Å². The van der Waals surface area contributed by atoms with Crippen LogP contribution < -0.4 is 5.32 Å². The van der Waals surface area contributed by atoms with Gasteiger partial charge >= 0.3 is 0 Å². The van der Waals surface area contributed by atoms with Crippen molar-refractivity contribution in [1.82, 2.24) is 5.32 Å². The number of halogens is 3. The third-order valence-electron chi connectivity index (χ3n) is 3.30. The van der Waals surface area contributed by atoms with Crippen LogP contribution in [-0.2, 0) is 6.42 Å². The highest BCUT2D eigenvalue weighted by molar-refractivity contribution is 9.10. The molecule has 0 radical (unpaired) electrons. The second kappa shape index (κ2) is 8.06. The summed E-state index contributed by atoms with van der Waals surface area (Å²) in [7, 11) is 0. The molecule has 0 bridgehead atoms. The van der Waals surface area contributed by atoms with Gasteiger partial charge in [-0.1, -0.05) is 50.9 Å². The van der Waals surface area contributed by atoms with Gasteiger partial charge in [0.25, 0.3) is 0 Å². The summed E-state index contributed by atoms with van der Waals surface area (Å²) in [6.07, 6.45) is 1.78. The zero-order valence-corrected chi connectivity index (χ0v) is 15.0. The Labute approximate surface area is 142 Å². The molecule has 1 nitrogen and oxygen atoms in total. The quantitative estimate of drug-likeness (QED) is 0.645. The molecule has 21 heavy (non-hydrogen) atoms. The molecule has 2 aromatic rings. The fraction of sp³-hybridized carbons (Fsp3) is 0.294. The van der Waals surface area contributed by atoms with Gasteiger partial charge in [0.1, 0.15) is 5.82 Å². The van der Waals surface area contributed by atoms with Gasteiger partial charge in [0.05, 0.1) is 0 Å². The molecule has 0 heterocycles. The standard InChI is InChI=1S/C17H18Br2FN/c1-2-8-21-17(10-12-4-3-5-13(18)9-12)15-11-14(19)6-7-16(15)20/h3-7,9,11,17,21H,2,8,10H2,1H3. The molecular formula is C17H18Br2FN. The lowest BCUT2D eigenvalue weighted by Crippen LogP contribution is -2.25. The molecule has 0 aliphatic rings. The van der Waals surface area contributed by atoms with Crippen LogP contribution in [0.4, 0.5) is 4.39 Å². The van der Waals surface area contributed by atoms with Crippen molar-refractivity contribution in [2.75, 3.05) is 6.54 Å². The number of benzene rings is 2. The third kappa shape index (κ3) is 4.90. The fourth-order valence-electron chi connectivity index (χ4n) is 2.29. The Bertz CT molecular complexity index is 601. The average Bonchev–Trinajstić information content (AvgIpc) is 2.46. The van der Waals surface area contributed by atoms with Crippen LogP contribution in [0, 0.1) is 5.82 Å². The molecule has 2 aromatic carbocycles. The summed E-state index contributed by atoms with van der Waals surface area (Å²) in [4.78, 5) is 0. The smallest absolute Gasteiger partial charge is 0.128 e. The van der Waals surface area contributed by atoms with Crippen molar-refractivity contribution >= 4 is 31.9 Å². The van der Waals surface area contributed by atoms with Crippen molar-refractivity contribution in [2.45, 2.75) is 25.8 Å². The zero-order chi connectivity index (χ0) is 15.2. The summed E-state index contributed by atoms with van der Waals surface area (Å²) in [5, 5.41) is 3.45. The molecule has 1 unspecified atom stereocenters. The van der Waals surface area contributed by atoms with Crippen LogP contribution in [-0.4, -0.2) is 6.54 Å². The van der Waals surface area contributed by atoms with Crippen molar-refractivity contribution < 1.29 is 4.39 Å². The maximum absolute atomic E-state index is 14.2. The van der Waals surface area contributed by atoms with Gasteiger partial charge in [-0.25, -0.2) is 4.39 Å². The Morgan fingerprint density at radius 2 is 1.86 bits per heavy atom. The summed E-state index contributed by atoms with van der Waals surface area (Å²) < 4.78 is 16.1. The fourth-order valence-corrected chi connectivity index (χ4v) is 3.12. The first-order valence-electron chi connectivity index (χ1n) is 7.03. The lowest BCUT2D eigenvalue weighted by molar-refractivity contribution is 0.496. The lowest BCUT2D eigenvalue weighted by Gasteiger charge is -2.20. The molecule has 0 aliphatic carbocycles. The van der Waals surface area contributed by atoms with Crippen LogP contribution in [0.5, 0.6) is 0 Å². The van der Waals surface area contributed by atoms with E-state index in [-0.39, 0.29) is 11.9 Å². The molecule has 0 fully saturated rings. The summed E-state index contributed by atoms with van der Waals surface area (Å²) in [5.74, 6) is -0.165. The Kier molecular flexibility index (Phi) is 6.40. The number of hydrogen-bond acceptors (Lipinski definition) is 1. The normalized spacial score (nSPS) is 12.4. The lowest BCUT2D eigenvalue weighted by atomic mass is 9.98. The minimum Gasteiger partial charge on any atom is -0.310 e. The first-order valence-corrected chi connectivity index (χ1v) is 8.61. The third-order valence-corrected chi connectivity index (χ3v) is 4.29. The zero-order valence-electron chi connectivity index (χ0n) is 11.9. The van der Waals surface area contributed by atoms with Crippen LogP contribution >= 0.6 is 31.9 Å². The Hall–Kier alpha value is -0.710. The maximum Gasteiger partial charge on any atom is 0.128 e. The van der Waals surface area contributed by atoms with E-state index < -0.39 is 0 Å². The van der Waals surface area contributed by atoms with Crippen molar-refractivity contribution in [1.29, 1.82) is 0 Å². The summed E-state index contributed by atoms with van der Waals surface area (Å²) >= 11 is 6.91. The van der Waals surface area contributed by atoms with Gasteiger partial charge < -0.3 is 5.32 Å². The molecule has 4 heteroatoms. The molecule has 2 rings (SSSR count). The highest BCUT2D eigenvalue weighted by Gasteiger charge is 2.16. The molecule has 0 amide bonds. The van der Waals surface area contributed by atoms with Crippen molar-refractivity contribution in [2.24, 2.45) is 0 Å². The second-order valence-corrected chi connectivity index (χ2v) is 6.84. The van der Waals surface area contributed by atoms with Crippen LogP contribution in [0.2, 0.25) is 0 Å². The van der Waals surface area contributed by atoms with Gasteiger partial charge in [-0.3, -0.25) is 0 Å². The van der Waals surface area contributed by atoms with E-state index in [0.717, 1.165) is 28.3 Å². The van der Waals surface area contributed by atoms with E-state index in [4.69, 9.17) is 0 Å². The minimum atomic E-state index is -0.165. The summed E-state index contributed by atoms with van der Waals surface area (Å²) in [6, 6.07) is 13.2. The van der Waals surface area contributed by atoms with Gasteiger partial charge in [0, 0.05) is 20.6 Å². The van der Waals surface area contributed by atoms with Gasteiger partial charge in [0.15, 0.2) is 0 Å². The molecular weight excluding hydrogens is 397 g/mol. The first-order chi connectivity index (χ1) is 10.1. The molecule has 0 aromatic heterocycles. The molecule has 1 atom stereocenters. The highest BCUT2D eigenvalue weighted by Crippen LogP contribution is 2.25. The molecule has 0 aliphatic heterocycles. The largest absolute Gasteiger partial charge is 0.310 e. The van der Waals surface area contributed by atoms with Crippen molar-refractivity contribution in [3.05, 3.63) is 68.4 Å². The van der Waals surface area contributed by atoms with E-state index in [2.05, 4.69) is 56.2 Å². The second-order valence-electron chi connectivity index (χ2n) is 5.01. The average molecular weight is 415 g/mol.